The van der Waals surface area contributed by atoms with Crippen LogP contribution < -0.4 is 10.2 Å². The molecule has 2 aromatic carbocycles. The van der Waals surface area contributed by atoms with Crippen molar-refractivity contribution in [2.24, 2.45) is 0 Å². The van der Waals surface area contributed by atoms with Crippen molar-refractivity contribution in [2.45, 2.75) is 20.3 Å². The number of rotatable bonds is 4. The Hall–Kier alpha value is -1.48. The summed E-state index contributed by atoms with van der Waals surface area (Å²) in [6.45, 7) is 5.04. The van der Waals surface area contributed by atoms with E-state index < -0.39 is 0 Å². The Kier molecular flexibility index (Phi) is 4.49. The third-order valence-corrected chi connectivity index (χ3v) is 3.23. The van der Waals surface area contributed by atoms with Crippen molar-refractivity contribution in [1.29, 1.82) is 0 Å². The van der Waals surface area contributed by atoms with Gasteiger partial charge >= 0.3 is 0 Å². The molecule has 0 aromatic heterocycles. The lowest BCUT2D eigenvalue weighted by atomic mass is 9.49. The SMILES string of the molecule is CB(C)c1ccc(OCc2ccc(F)cc2)c(Cl)c1. The maximum Gasteiger partial charge on any atom is 0.169 e. The van der Waals surface area contributed by atoms with E-state index in [2.05, 4.69) is 13.6 Å². The Morgan fingerprint density at radius 3 is 2.37 bits per heavy atom. The van der Waals surface area contributed by atoms with E-state index in [9.17, 15) is 4.39 Å². The van der Waals surface area contributed by atoms with E-state index in [1.807, 2.05) is 18.2 Å². The molecule has 0 spiro atoms. The summed E-state index contributed by atoms with van der Waals surface area (Å²) in [6, 6.07) is 12.0. The zero-order chi connectivity index (χ0) is 13.8. The largest absolute Gasteiger partial charge is 0.487 e. The smallest absolute Gasteiger partial charge is 0.169 e. The first-order valence-electron chi connectivity index (χ1n) is 6.23. The van der Waals surface area contributed by atoms with Gasteiger partial charge in [0, 0.05) is 0 Å². The monoisotopic (exact) mass is 276 g/mol. The van der Waals surface area contributed by atoms with Crippen LogP contribution >= 0.6 is 11.6 Å². The van der Waals surface area contributed by atoms with Gasteiger partial charge in [-0.25, -0.2) is 4.39 Å². The zero-order valence-corrected chi connectivity index (χ0v) is 11.7. The highest BCUT2D eigenvalue weighted by atomic mass is 35.5. The van der Waals surface area contributed by atoms with Crippen LogP contribution in [0.4, 0.5) is 4.39 Å². The predicted octanol–water partition coefficient (Wildman–Crippen LogP) is 4.02. The second kappa shape index (κ2) is 6.11. The van der Waals surface area contributed by atoms with Gasteiger partial charge in [0.05, 0.1) is 5.02 Å². The molecule has 0 atom stereocenters. The Bertz CT molecular complexity index is 555. The molecular weight excluding hydrogens is 261 g/mol. The molecule has 0 aliphatic heterocycles. The van der Waals surface area contributed by atoms with Crippen molar-refractivity contribution in [3.63, 3.8) is 0 Å². The fourth-order valence-electron chi connectivity index (χ4n) is 1.73. The molecule has 0 heterocycles. The van der Waals surface area contributed by atoms with E-state index in [1.54, 1.807) is 12.1 Å². The van der Waals surface area contributed by atoms with Gasteiger partial charge in [-0.1, -0.05) is 48.9 Å². The molecule has 4 heteroatoms. The minimum atomic E-state index is -0.247. The fraction of sp³-hybridized carbons (Fsp3) is 0.200. The first kappa shape index (κ1) is 13.9. The molecule has 0 aliphatic rings. The van der Waals surface area contributed by atoms with E-state index in [4.69, 9.17) is 16.3 Å². The molecule has 0 radical (unpaired) electrons. The van der Waals surface area contributed by atoms with Gasteiger partial charge in [0.15, 0.2) is 6.71 Å². The molecule has 19 heavy (non-hydrogen) atoms. The predicted molar refractivity (Wildman–Crippen MR) is 79.3 cm³/mol. The molecule has 0 bridgehead atoms. The van der Waals surface area contributed by atoms with Crippen molar-refractivity contribution in [2.75, 3.05) is 0 Å². The van der Waals surface area contributed by atoms with Gasteiger partial charge in [-0.3, -0.25) is 0 Å². The van der Waals surface area contributed by atoms with Gasteiger partial charge in [0.1, 0.15) is 18.2 Å². The van der Waals surface area contributed by atoms with Gasteiger partial charge in [0.25, 0.3) is 0 Å². The lowest BCUT2D eigenvalue weighted by molar-refractivity contribution is 0.306. The third-order valence-electron chi connectivity index (χ3n) is 2.93. The summed E-state index contributed by atoms with van der Waals surface area (Å²) in [5.41, 5.74) is 2.09. The van der Waals surface area contributed by atoms with Crippen LogP contribution in [0.15, 0.2) is 42.5 Å². The molecule has 2 rings (SSSR count). The third kappa shape index (κ3) is 3.74. The number of ether oxygens (including phenoxy) is 1. The summed E-state index contributed by atoms with van der Waals surface area (Å²) >= 11 is 6.18. The Balaban J connectivity index is 2.05. The average molecular weight is 277 g/mol. The van der Waals surface area contributed by atoms with Crippen LogP contribution in [-0.4, -0.2) is 6.71 Å². The summed E-state index contributed by atoms with van der Waals surface area (Å²) < 4.78 is 18.4. The molecule has 0 aliphatic carbocycles. The van der Waals surface area contributed by atoms with Crippen LogP contribution in [-0.2, 0) is 6.61 Å². The van der Waals surface area contributed by atoms with Crippen LogP contribution in [0.1, 0.15) is 5.56 Å². The Labute approximate surface area is 118 Å². The fourth-order valence-corrected chi connectivity index (χ4v) is 1.98. The molecular formula is C15H15BClFO. The van der Waals surface area contributed by atoms with E-state index in [1.165, 1.54) is 17.6 Å². The highest BCUT2D eigenvalue weighted by molar-refractivity contribution is 6.70. The number of hydrogen-bond acceptors (Lipinski definition) is 1. The first-order chi connectivity index (χ1) is 9.06. The van der Waals surface area contributed by atoms with E-state index in [-0.39, 0.29) is 5.82 Å². The molecule has 0 amide bonds. The van der Waals surface area contributed by atoms with Gasteiger partial charge in [-0.2, -0.15) is 0 Å². The van der Waals surface area contributed by atoms with E-state index in [0.29, 0.717) is 24.1 Å². The lowest BCUT2D eigenvalue weighted by Gasteiger charge is -2.10. The summed E-state index contributed by atoms with van der Waals surface area (Å²) in [5, 5.41) is 0.605. The minimum absolute atomic E-state index is 0.247. The standard InChI is InChI=1S/C15H15BClFO/c1-16(2)12-5-8-15(14(17)9-12)19-10-11-3-6-13(18)7-4-11/h3-9H,10H2,1-2H3. The van der Waals surface area contributed by atoms with Gasteiger partial charge in [-0.15, -0.1) is 0 Å². The number of hydrogen-bond donors (Lipinski definition) is 0. The molecule has 0 unspecified atom stereocenters. The van der Waals surface area contributed by atoms with E-state index >= 15 is 0 Å². The number of halogens is 2. The quantitative estimate of drug-likeness (QED) is 0.767. The van der Waals surface area contributed by atoms with E-state index in [0.717, 1.165) is 5.56 Å². The molecule has 0 saturated carbocycles. The second-order valence-corrected chi connectivity index (χ2v) is 5.17. The number of benzene rings is 2. The maximum absolute atomic E-state index is 12.8. The van der Waals surface area contributed by atoms with Gasteiger partial charge in [-0.05, 0) is 29.8 Å². The first-order valence-corrected chi connectivity index (χ1v) is 6.61. The van der Waals surface area contributed by atoms with Crippen molar-refractivity contribution in [3.05, 3.63) is 58.9 Å². The highest BCUT2D eigenvalue weighted by Crippen LogP contribution is 2.23. The van der Waals surface area contributed by atoms with Crippen LogP contribution in [0.2, 0.25) is 18.7 Å². The van der Waals surface area contributed by atoms with Crippen molar-refractivity contribution in [3.8, 4) is 5.75 Å². The molecule has 0 fully saturated rings. The van der Waals surface area contributed by atoms with Gasteiger partial charge < -0.3 is 4.74 Å². The highest BCUT2D eigenvalue weighted by Gasteiger charge is 2.07. The van der Waals surface area contributed by atoms with Crippen LogP contribution in [0.5, 0.6) is 5.75 Å². The summed E-state index contributed by atoms with van der Waals surface area (Å²) in [7, 11) is 0. The van der Waals surface area contributed by atoms with Crippen molar-refractivity contribution in [1.82, 2.24) is 0 Å². The van der Waals surface area contributed by atoms with Crippen LogP contribution in [0, 0.1) is 5.82 Å². The second-order valence-electron chi connectivity index (χ2n) is 4.76. The van der Waals surface area contributed by atoms with Gasteiger partial charge in [0.2, 0.25) is 0 Å². The molecule has 2 aromatic rings. The average Bonchev–Trinajstić information content (AvgIpc) is 2.39. The lowest BCUT2D eigenvalue weighted by Crippen LogP contribution is -2.22. The minimum Gasteiger partial charge on any atom is -0.487 e. The molecule has 0 saturated heterocycles. The maximum atomic E-state index is 12.8. The topological polar surface area (TPSA) is 9.23 Å². The van der Waals surface area contributed by atoms with Crippen LogP contribution in [0.3, 0.4) is 0 Å². The summed E-state index contributed by atoms with van der Waals surface area (Å²) in [5.74, 6) is 0.401. The van der Waals surface area contributed by atoms with Crippen molar-refractivity contribution >= 4 is 23.8 Å². The summed E-state index contributed by atoms with van der Waals surface area (Å²) in [4.78, 5) is 0. The summed E-state index contributed by atoms with van der Waals surface area (Å²) in [6.07, 6.45) is 0. The van der Waals surface area contributed by atoms with Crippen LogP contribution in [0.25, 0.3) is 0 Å². The Morgan fingerprint density at radius 1 is 1.11 bits per heavy atom. The van der Waals surface area contributed by atoms with Crippen molar-refractivity contribution < 1.29 is 9.13 Å². The molecule has 0 N–H and O–H groups in total. The molecule has 1 nitrogen and oxygen atoms in total. The normalized spacial score (nSPS) is 10.3. The molecule has 98 valence electrons. The zero-order valence-electron chi connectivity index (χ0n) is 11.0. The Morgan fingerprint density at radius 2 is 1.79 bits per heavy atom.